The van der Waals surface area contributed by atoms with E-state index in [-0.39, 0.29) is 29.5 Å². The number of benzene rings is 1. The highest BCUT2D eigenvalue weighted by Crippen LogP contribution is 2.39. The number of carbonyl (C=O) groups is 1. The minimum absolute atomic E-state index is 0.165. The van der Waals surface area contributed by atoms with E-state index < -0.39 is 28.7 Å². The highest BCUT2D eigenvalue weighted by atomic mass is 19.2. The first-order chi connectivity index (χ1) is 15.7. The van der Waals surface area contributed by atoms with Crippen LogP contribution in [0.1, 0.15) is 25.4 Å². The molecule has 0 aliphatic carbocycles. The molecule has 1 amide bonds. The number of fused-ring (bicyclic) bond motifs is 1. The first-order valence-corrected chi connectivity index (χ1v) is 10.1. The standard InChI is InChI=1S/C22H20F3N7O/c1-22(2)21-30-19(12-3-4-13(23)15(25)9-12)20(31(21)7-8-32(22)18(33)11-27)29-17-6-5-14(24)16(10-26)28-17/h3-6,9H,7-8,11,27H2,1-2H3,(H,28,29). The Balaban J connectivity index is 1.89. The second-order valence-corrected chi connectivity index (χ2v) is 7.99. The molecule has 0 saturated heterocycles. The van der Waals surface area contributed by atoms with Crippen molar-refractivity contribution >= 4 is 17.5 Å². The highest BCUT2D eigenvalue weighted by Gasteiger charge is 2.41. The maximum atomic E-state index is 14.0. The van der Waals surface area contributed by atoms with E-state index in [9.17, 15) is 18.0 Å². The van der Waals surface area contributed by atoms with Crippen LogP contribution >= 0.6 is 0 Å². The van der Waals surface area contributed by atoms with Crippen LogP contribution in [0.3, 0.4) is 0 Å². The number of nitrogens with two attached hydrogens (primary N) is 1. The van der Waals surface area contributed by atoms with Crippen LogP contribution < -0.4 is 11.1 Å². The van der Waals surface area contributed by atoms with Crippen LogP contribution in [0.4, 0.5) is 24.8 Å². The van der Waals surface area contributed by atoms with Crippen molar-refractivity contribution in [3.05, 3.63) is 59.3 Å². The molecule has 3 aromatic rings. The third-order valence-electron chi connectivity index (χ3n) is 5.60. The minimum Gasteiger partial charge on any atom is -0.327 e. The molecular weight excluding hydrogens is 435 g/mol. The molecule has 11 heteroatoms. The fourth-order valence-corrected chi connectivity index (χ4v) is 3.97. The number of nitrogens with one attached hydrogen (secondary N) is 1. The average Bonchev–Trinajstić information content (AvgIpc) is 3.16. The van der Waals surface area contributed by atoms with Crippen LogP contribution in [0, 0.1) is 28.8 Å². The van der Waals surface area contributed by atoms with E-state index in [2.05, 4.69) is 15.3 Å². The van der Waals surface area contributed by atoms with Gasteiger partial charge in [0.25, 0.3) is 0 Å². The van der Waals surface area contributed by atoms with Crippen LogP contribution in [0.5, 0.6) is 0 Å². The quantitative estimate of drug-likeness (QED) is 0.625. The summed E-state index contributed by atoms with van der Waals surface area (Å²) < 4.78 is 43.1. The van der Waals surface area contributed by atoms with Crippen molar-refractivity contribution in [2.45, 2.75) is 25.9 Å². The molecule has 4 rings (SSSR count). The molecule has 0 spiro atoms. The fourth-order valence-electron chi connectivity index (χ4n) is 3.97. The third kappa shape index (κ3) is 3.78. The molecule has 0 fully saturated rings. The van der Waals surface area contributed by atoms with Crippen molar-refractivity contribution in [1.29, 1.82) is 5.26 Å². The summed E-state index contributed by atoms with van der Waals surface area (Å²) in [4.78, 5) is 22.7. The van der Waals surface area contributed by atoms with Crippen LogP contribution in [-0.4, -0.2) is 38.4 Å². The molecule has 1 aliphatic heterocycles. The summed E-state index contributed by atoms with van der Waals surface area (Å²) in [5.74, 6) is -2.04. The number of hydrogen-bond acceptors (Lipinski definition) is 6. The van der Waals surface area contributed by atoms with E-state index in [0.717, 1.165) is 18.2 Å². The van der Waals surface area contributed by atoms with Crippen molar-refractivity contribution in [2.24, 2.45) is 5.73 Å². The summed E-state index contributed by atoms with van der Waals surface area (Å²) in [5, 5.41) is 12.1. The molecule has 2 aromatic heterocycles. The number of amides is 1. The molecule has 0 radical (unpaired) electrons. The lowest BCUT2D eigenvalue weighted by Gasteiger charge is -2.42. The number of pyridine rings is 1. The molecule has 0 atom stereocenters. The number of nitriles is 1. The van der Waals surface area contributed by atoms with Gasteiger partial charge >= 0.3 is 0 Å². The number of halogens is 3. The number of rotatable bonds is 4. The third-order valence-corrected chi connectivity index (χ3v) is 5.60. The Labute approximate surface area is 187 Å². The van der Waals surface area contributed by atoms with Gasteiger partial charge in [-0.15, -0.1) is 0 Å². The monoisotopic (exact) mass is 455 g/mol. The zero-order valence-corrected chi connectivity index (χ0v) is 17.9. The van der Waals surface area contributed by atoms with Gasteiger partial charge in [-0.05, 0) is 44.2 Å². The van der Waals surface area contributed by atoms with Crippen LogP contribution in [0.15, 0.2) is 30.3 Å². The predicted octanol–water partition coefficient (Wildman–Crippen LogP) is 3.01. The van der Waals surface area contributed by atoms with Crippen molar-refractivity contribution in [3.8, 4) is 17.3 Å². The van der Waals surface area contributed by atoms with Gasteiger partial charge in [0, 0.05) is 18.7 Å². The molecule has 170 valence electrons. The van der Waals surface area contributed by atoms with E-state index >= 15 is 0 Å². The van der Waals surface area contributed by atoms with E-state index in [0.29, 0.717) is 24.7 Å². The number of nitrogens with zero attached hydrogens (tertiary/aromatic N) is 5. The zero-order valence-electron chi connectivity index (χ0n) is 17.9. The molecule has 3 N–H and O–H groups in total. The van der Waals surface area contributed by atoms with Gasteiger partial charge in [0.2, 0.25) is 5.91 Å². The Morgan fingerprint density at radius 2 is 1.88 bits per heavy atom. The number of aromatic nitrogens is 3. The number of imidazole rings is 1. The fraction of sp³-hybridized carbons (Fsp3) is 0.273. The molecule has 1 aliphatic rings. The Hall–Kier alpha value is -3.91. The molecule has 0 bridgehead atoms. The number of anilines is 2. The highest BCUT2D eigenvalue weighted by molar-refractivity contribution is 5.80. The van der Waals surface area contributed by atoms with Crippen LogP contribution in [-0.2, 0) is 16.9 Å². The molecule has 8 nitrogen and oxygen atoms in total. The van der Waals surface area contributed by atoms with Crippen LogP contribution in [0.25, 0.3) is 11.3 Å². The lowest BCUT2D eigenvalue weighted by atomic mass is 9.99. The largest absolute Gasteiger partial charge is 0.327 e. The van der Waals surface area contributed by atoms with E-state index in [1.54, 1.807) is 29.4 Å². The summed E-state index contributed by atoms with van der Waals surface area (Å²) in [6, 6.07) is 7.52. The Morgan fingerprint density at radius 1 is 1.15 bits per heavy atom. The summed E-state index contributed by atoms with van der Waals surface area (Å²) in [6.45, 7) is 4.11. The Bertz CT molecular complexity index is 1300. The molecule has 0 saturated carbocycles. The second kappa shape index (κ2) is 8.22. The van der Waals surface area contributed by atoms with Crippen molar-refractivity contribution < 1.29 is 18.0 Å². The van der Waals surface area contributed by atoms with E-state index in [1.807, 2.05) is 0 Å². The van der Waals surface area contributed by atoms with Crippen molar-refractivity contribution in [2.75, 3.05) is 18.4 Å². The smallest absolute Gasteiger partial charge is 0.237 e. The molecule has 33 heavy (non-hydrogen) atoms. The van der Waals surface area contributed by atoms with Crippen LogP contribution in [0.2, 0.25) is 0 Å². The van der Waals surface area contributed by atoms with E-state index in [4.69, 9.17) is 11.0 Å². The van der Waals surface area contributed by atoms with Gasteiger partial charge in [-0.2, -0.15) is 5.26 Å². The molecule has 0 unspecified atom stereocenters. The second-order valence-electron chi connectivity index (χ2n) is 7.99. The zero-order chi connectivity index (χ0) is 23.9. The topological polar surface area (TPSA) is 113 Å². The molecular formula is C22H20F3N7O. The van der Waals surface area contributed by atoms with E-state index in [1.165, 1.54) is 12.1 Å². The predicted molar refractivity (Wildman–Crippen MR) is 114 cm³/mol. The number of hydrogen-bond donors (Lipinski definition) is 2. The first-order valence-electron chi connectivity index (χ1n) is 10.1. The van der Waals surface area contributed by atoms with Gasteiger partial charge in [-0.25, -0.2) is 23.1 Å². The average molecular weight is 455 g/mol. The van der Waals surface area contributed by atoms with Crippen molar-refractivity contribution in [3.63, 3.8) is 0 Å². The normalized spacial score (nSPS) is 14.5. The lowest BCUT2D eigenvalue weighted by Crippen LogP contribution is -2.53. The van der Waals surface area contributed by atoms with Gasteiger partial charge in [-0.1, -0.05) is 0 Å². The van der Waals surface area contributed by atoms with Gasteiger partial charge in [0.05, 0.1) is 12.1 Å². The SMILES string of the molecule is CC1(C)c2nc(-c3ccc(F)c(F)c3)c(Nc3ccc(F)c(C#N)n3)n2CCN1C(=O)CN. The summed E-state index contributed by atoms with van der Waals surface area (Å²) in [6.07, 6.45) is 0. The van der Waals surface area contributed by atoms with Gasteiger partial charge in [-0.3, -0.25) is 4.79 Å². The first kappa shape index (κ1) is 22.3. The van der Waals surface area contributed by atoms with Gasteiger partial charge in [0.1, 0.15) is 29.2 Å². The minimum atomic E-state index is -1.05. The Morgan fingerprint density at radius 3 is 2.55 bits per heavy atom. The number of carbonyl (C=O) groups excluding carboxylic acids is 1. The maximum absolute atomic E-state index is 14.0. The molecule has 1 aromatic carbocycles. The molecule has 3 heterocycles. The van der Waals surface area contributed by atoms with Crippen molar-refractivity contribution in [1.82, 2.24) is 19.4 Å². The summed E-state index contributed by atoms with van der Waals surface area (Å²) in [7, 11) is 0. The summed E-state index contributed by atoms with van der Waals surface area (Å²) in [5.41, 5.74) is 4.88. The van der Waals surface area contributed by atoms with Gasteiger partial charge in [0.15, 0.2) is 23.1 Å². The lowest BCUT2D eigenvalue weighted by molar-refractivity contribution is -0.137. The van der Waals surface area contributed by atoms with Gasteiger partial charge < -0.3 is 20.5 Å². The maximum Gasteiger partial charge on any atom is 0.237 e. The summed E-state index contributed by atoms with van der Waals surface area (Å²) >= 11 is 0. The Kier molecular flexibility index (Phi) is 5.55.